The topological polar surface area (TPSA) is 12.9 Å². The average Bonchev–Trinajstić information content (AvgIpc) is 2.02. The minimum Gasteiger partial charge on any atom is -0.215 e. The van der Waals surface area contributed by atoms with E-state index in [0.29, 0.717) is 6.07 Å². The van der Waals surface area contributed by atoms with Crippen LogP contribution in [0.1, 0.15) is 11.3 Å². The smallest absolute Gasteiger partial charge is 0.215 e. The first-order valence-corrected chi connectivity index (χ1v) is 3.77. The highest BCUT2D eigenvalue weighted by Crippen LogP contribution is 2.28. The van der Waals surface area contributed by atoms with E-state index >= 15 is 0 Å². The summed E-state index contributed by atoms with van der Waals surface area (Å²) >= 11 is 5.24. The van der Waals surface area contributed by atoms with Crippen molar-refractivity contribution in [1.82, 2.24) is 4.98 Å². The Balaban J connectivity index is 3.10. The zero-order valence-corrected chi connectivity index (χ0v) is 6.95. The van der Waals surface area contributed by atoms with Crippen LogP contribution in [0.2, 0.25) is 0 Å². The van der Waals surface area contributed by atoms with Crippen molar-refractivity contribution in [2.45, 2.75) is 12.1 Å². The van der Waals surface area contributed by atoms with Gasteiger partial charge in [0.25, 0.3) is 0 Å². The number of rotatable bonds is 1. The first-order valence-electron chi connectivity index (χ1n) is 3.23. The number of nitrogens with zero attached hydrogens (tertiary/aromatic N) is 1. The number of hydrogen-bond acceptors (Lipinski definition) is 1. The summed E-state index contributed by atoms with van der Waals surface area (Å²) in [5.41, 5.74) is -1.30. The third kappa shape index (κ3) is 2.30. The predicted octanol–water partition coefficient (Wildman–Crippen LogP) is 2.98. The second kappa shape index (κ2) is 3.49. The van der Waals surface area contributed by atoms with E-state index in [1.54, 1.807) is 0 Å². The van der Waals surface area contributed by atoms with E-state index in [9.17, 15) is 17.6 Å². The van der Waals surface area contributed by atoms with Gasteiger partial charge in [0.1, 0.15) is 5.69 Å². The number of halogens is 5. The van der Waals surface area contributed by atoms with Gasteiger partial charge < -0.3 is 0 Å². The van der Waals surface area contributed by atoms with Gasteiger partial charge in [0, 0.05) is 5.56 Å². The largest absolute Gasteiger partial charge is 0.433 e. The highest BCUT2D eigenvalue weighted by Gasteiger charge is 2.33. The first kappa shape index (κ1) is 10.2. The summed E-state index contributed by atoms with van der Waals surface area (Å²) in [5.74, 6) is -1.37. The third-order valence-corrected chi connectivity index (χ3v) is 1.65. The lowest BCUT2D eigenvalue weighted by molar-refractivity contribution is -0.141. The van der Waals surface area contributed by atoms with Gasteiger partial charge >= 0.3 is 6.18 Å². The Morgan fingerprint density at radius 3 is 2.31 bits per heavy atom. The van der Waals surface area contributed by atoms with Crippen molar-refractivity contribution in [3.05, 3.63) is 29.3 Å². The highest BCUT2D eigenvalue weighted by atomic mass is 35.5. The molecule has 0 bridgehead atoms. The zero-order chi connectivity index (χ0) is 10.1. The van der Waals surface area contributed by atoms with Crippen molar-refractivity contribution in [2.75, 3.05) is 0 Å². The van der Waals surface area contributed by atoms with Crippen LogP contribution in [0, 0.1) is 5.95 Å². The molecular weight excluding hydrogens is 210 g/mol. The molecule has 1 heterocycles. The standard InChI is InChI=1S/C7H4ClF4N/c8-3-4-1-2-5(7(10,11)12)13-6(4)9/h1-2H,3H2. The molecule has 0 aliphatic rings. The minimum absolute atomic E-state index is 0.0466. The first-order chi connectivity index (χ1) is 5.95. The number of pyridine rings is 1. The van der Waals surface area contributed by atoms with Crippen molar-refractivity contribution in [3.8, 4) is 0 Å². The molecular formula is C7H4ClF4N. The molecule has 0 amide bonds. The Morgan fingerprint density at radius 1 is 1.31 bits per heavy atom. The number of aromatic nitrogens is 1. The van der Waals surface area contributed by atoms with E-state index in [2.05, 4.69) is 4.98 Å². The average molecular weight is 214 g/mol. The van der Waals surface area contributed by atoms with E-state index in [-0.39, 0.29) is 11.4 Å². The molecule has 1 aromatic rings. The van der Waals surface area contributed by atoms with Gasteiger partial charge in [-0.1, -0.05) is 6.07 Å². The van der Waals surface area contributed by atoms with E-state index in [0.717, 1.165) is 6.07 Å². The molecule has 0 saturated carbocycles. The maximum absolute atomic E-state index is 12.7. The molecule has 1 nitrogen and oxygen atoms in total. The van der Waals surface area contributed by atoms with Crippen LogP contribution < -0.4 is 0 Å². The highest BCUT2D eigenvalue weighted by molar-refractivity contribution is 6.17. The van der Waals surface area contributed by atoms with E-state index in [1.165, 1.54) is 0 Å². The fourth-order valence-electron chi connectivity index (χ4n) is 0.721. The Hall–Kier alpha value is -0.840. The monoisotopic (exact) mass is 213 g/mol. The van der Waals surface area contributed by atoms with Gasteiger partial charge in [0.15, 0.2) is 0 Å². The van der Waals surface area contributed by atoms with Crippen molar-refractivity contribution < 1.29 is 17.6 Å². The van der Waals surface area contributed by atoms with Gasteiger partial charge in [0.2, 0.25) is 5.95 Å². The van der Waals surface area contributed by atoms with Crippen LogP contribution in [0.3, 0.4) is 0 Å². The summed E-state index contributed by atoms with van der Waals surface area (Å²) in [4.78, 5) is 2.74. The molecule has 0 aliphatic carbocycles. The van der Waals surface area contributed by atoms with E-state index in [1.807, 2.05) is 0 Å². The second-order valence-corrected chi connectivity index (χ2v) is 2.55. The summed E-state index contributed by atoms with van der Waals surface area (Å²) in [7, 11) is 0. The van der Waals surface area contributed by atoms with Crippen LogP contribution in [0.4, 0.5) is 17.6 Å². The fraction of sp³-hybridized carbons (Fsp3) is 0.286. The Kier molecular flexibility index (Phi) is 2.75. The van der Waals surface area contributed by atoms with Gasteiger partial charge in [-0.2, -0.15) is 17.6 Å². The van der Waals surface area contributed by atoms with Crippen LogP contribution >= 0.6 is 11.6 Å². The third-order valence-electron chi connectivity index (χ3n) is 1.36. The zero-order valence-electron chi connectivity index (χ0n) is 6.20. The molecule has 0 aromatic carbocycles. The minimum atomic E-state index is -4.62. The Labute approximate surface area is 76.3 Å². The summed E-state index contributed by atoms with van der Waals surface area (Å²) in [5, 5.41) is 0. The summed E-state index contributed by atoms with van der Waals surface area (Å²) in [6.45, 7) is 0. The SMILES string of the molecule is Fc1nc(C(F)(F)F)ccc1CCl. The summed E-state index contributed by atoms with van der Waals surface area (Å²) in [6.07, 6.45) is -4.62. The summed E-state index contributed by atoms with van der Waals surface area (Å²) < 4.78 is 48.5. The number of hydrogen-bond donors (Lipinski definition) is 0. The molecule has 0 fully saturated rings. The Bertz CT molecular complexity index is 310. The van der Waals surface area contributed by atoms with Gasteiger partial charge in [-0.15, -0.1) is 11.6 Å². The molecule has 0 radical (unpaired) electrons. The van der Waals surface area contributed by atoms with Crippen LogP contribution in [0.15, 0.2) is 12.1 Å². The lowest BCUT2D eigenvalue weighted by Crippen LogP contribution is -2.09. The molecule has 0 unspecified atom stereocenters. The van der Waals surface area contributed by atoms with Gasteiger partial charge in [-0.25, -0.2) is 4.98 Å². The molecule has 0 N–H and O–H groups in total. The van der Waals surface area contributed by atoms with E-state index < -0.39 is 17.8 Å². The molecule has 0 aliphatic heterocycles. The molecule has 13 heavy (non-hydrogen) atoms. The molecule has 1 rings (SSSR count). The van der Waals surface area contributed by atoms with Crippen LogP contribution in [-0.4, -0.2) is 4.98 Å². The van der Waals surface area contributed by atoms with E-state index in [4.69, 9.17) is 11.6 Å². The van der Waals surface area contributed by atoms with Crippen molar-refractivity contribution in [2.24, 2.45) is 0 Å². The van der Waals surface area contributed by atoms with Crippen LogP contribution in [-0.2, 0) is 12.1 Å². The quantitative estimate of drug-likeness (QED) is 0.397. The van der Waals surface area contributed by atoms with Gasteiger partial charge in [-0.3, -0.25) is 0 Å². The van der Waals surface area contributed by atoms with Gasteiger partial charge in [0.05, 0.1) is 5.88 Å². The Morgan fingerprint density at radius 2 is 1.92 bits per heavy atom. The van der Waals surface area contributed by atoms with Crippen LogP contribution in [0.25, 0.3) is 0 Å². The maximum atomic E-state index is 12.7. The molecule has 1 aromatic heterocycles. The molecule has 0 saturated heterocycles. The lowest BCUT2D eigenvalue weighted by Gasteiger charge is -2.06. The second-order valence-electron chi connectivity index (χ2n) is 2.28. The van der Waals surface area contributed by atoms with Crippen molar-refractivity contribution in [1.29, 1.82) is 0 Å². The molecule has 0 spiro atoms. The number of alkyl halides is 4. The normalized spacial score (nSPS) is 11.8. The van der Waals surface area contributed by atoms with Crippen molar-refractivity contribution in [3.63, 3.8) is 0 Å². The molecule has 72 valence electrons. The molecule has 0 atom stereocenters. The summed E-state index contributed by atoms with van der Waals surface area (Å²) in [6, 6.07) is 1.67. The predicted molar refractivity (Wildman–Crippen MR) is 38.8 cm³/mol. The fourth-order valence-corrected chi connectivity index (χ4v) is 0.920. The lowest BCUT2D eigenvalue weighted by atomic mass is 10.2. The maximum Gasteiger partial charge on any atom is 0.433 e. The van der Waals surface area contributed by atoms with Gasteiger partial charge in [-0.05, 0) is 6.07 Å². The van der Waals surface area contributed by atoms with Crippen molar-refractivity contribution >= 4 is 11.6 Å². The van der Waals surface area contributed by atoms with Crippen LogP contribution in [0.5, 0.6) is 0 Å². The molecule has 6 heteroatoms.